The molecular weight excluding hydrogens is 250 g/mol. The zero-order valence-corrected chi connectivity index (χ0v) is 11.6. The van der Waals surface area contributed by atoms with Crippen molar-refractivity contribution in [2.45, 2.75) is 37.1 Å². The lowest BCUT2D eigenvalue weighted by Crippen LogP contribution is -2.58. The molecule has 1 aliphatic rings. The molecule has 0 saturated carbocycles. The van der Waals surface area contributed by atoms with Crippen LogP contribution >= 0.6 is 11.8 Å². The van der Waals surface area contributed by atoms with Gasteiger partial charge in [-0.15, -0.1) is 0 Å². The Kier molecular flexibility index (Phi) is 3.59. The van der Waals surface area contributed by atoms with Crippen molar-refractivity contribution >= 4 is 17.7 Å². The van der Waals surface area contributed by atoms with Crippen LogP contribution in [-0.4, -0.2) is 38.9 Å². The molecule has 1 aromatic rings. The first kappa shape index (κ1) is 13.3. The Morgan fingerprint density at radius 3 is 2.28 bits per heavy atom. The number of carbonyl (C=O) groups is 1. The van der Waals surface area contributed by atoms with Crippen molar-refractivity contribution < 1.29 is 9.90 Å². The molecule has 0 unspecified atom stereocenters. The van der Waals surface area contributed by atoms with Gasteiger partial charge in [0.25, 0.3) is 0 Å². The molecule has 2 heterocycles. The fourth-order valence-corrected chi connectivity index (χ4v) is 3.19. The van der Waals surface area contributed by atoms with Crippen LogP contribution in [-0.2, 0) is 4.79 Å². The van der Waals surface area contributed by atoms with Crippen molar-refractivity contribution in [3.63, 3.8) is 0 Å². The summed E-state index contributed by atoms with van der Waals surface area (Å²) in [5, 5.41) is 12.8. The summed E-state index contributed by atoms with van der Waals surface area (Å²) in [7, 11) is 0. The predicted octanol–water partition coefficient (Wildman–Crippen LogP) is 1.31. The fourth-order valence-electron chi connectivity index (χ4n) is 1.89. The summed E-state index contributed by atoms with van der Waals surface area (Å²) in [6, 6.07) is 0. The van der Waals surface area contributed by atoms with Crippen molar-refractivity contribution in [1.29, 1.82) is 0 Å². The van der Waals surface area contributed by atoms with Gasteiger partial charge in [-0.2, -0.15) is 0 Å². The standard InChI is InChI=1S/C12H17N3O2S/c1-7-8(2)14-11(15-9(7)3)18-12(4-10(16)17)5-13-6-12/h13H,4-6H2,1-3H3,(H,16,17). The van der Waals surface area contributed by atoms with E-state index in [9.17, 15) is 4.79 Å². The smallest absolute Gasteiger partial charge is 0.304 e. The number of nitrogens with one attached hydrogen (secondary N) is 1. The SMILES string of the molecule is Cc1nc(SC2(CC(=O)O)CNC2)nc(C)c1C. The van der Waals surface area contributed by atoms with Crippen LogP contribution in [0.25, 0.3) is 0 Å². The van der Waals surface area contributed by atoms with Crippen LogP contribution in [0.1, 0.15) is 23.4 Å². The molecular formula is C12H17N3O2S. The normalized spacial score (nSPS) is 17.3. The second-order valence-corrected chi connectivity index (χ2v) is 6.20. The maximum absolute atomic E-state index is 10.9. The van der Waals surface area contributed by atoms with Gasteiger partial charge in [0.05, 0.1) is 11.2 Å². The number of thioether (sulfide) groups is 1. The van der Waals surface area contributed by atoms with Crippen LogP contribution in [0.2, 0.25) is 0 Å². The fraction of sp³-hybridized carbons (Fsp3) is 0.583. The minimum atomic E-state index is -0.774. The second-order valence-electron chi connectivity index (χ2n) is 4.76. The van der Waals surface area contributed by atoms with Crippen LogP contribution in [0, 0.1) is 20.8 Å². The molecule has 2 N–H and O–H groups in total. The average molecular weight is 267 g/mol. The van der Waals surface area contributed by atoms with Gasteiger partial charge >= 0.3 is 5.97 Å². The molecule has 1 aromatic heterocycles. The monoisotopic (exact) mass is 267 g/mol. The molecule has 0 bridgehead atoms. The van der Waals surface area contributed by atoms with E-state index in [-0.39, 0.29) is 11.2 Å². The van der Waals surface area contributed by atoms with E-state index in [0.717, 1.165) is 17.0 Å². The van der Waals surface area contributed by atoms with E-state index in [1.54, 1.807) is 0 Å². The molecule has 1 aliphatic heterocycles. The molecule has 1 saturated heterocycles. The highest BCUT2D eigenvalue weighted by Gasteiger charge is 2.41. The molecule has 0 aliphatic carbocycles. The van der Waals surface area contributed by atoms with E-state index in [1.165, 1.54) is 11.8 Å². The number of aryl methyl sites for hydroxylation is 2. The number of hydrogen-bond acceptors (Lipinski definition) is 5. The molecule has 0 aromatic carbocycles. The molecule has 18 heavy (non-hydrogen) atoms. The first-order valence-corrected chi connectivity index (χ1v) is 6.67. The molecule has 98 valence electrons. The van der Waals surface area contributed by atoms with Crippen LogP contribution in [0.3, 0.4) is 0 Å². The minimum Gasteiger partial charge on any atom is -0.481 e. The number of hydrogen-bond donors (Lipinski definition) is 2. The van der Waals surface area contributed by atoms with Gasteiger partial charge in [0.2, 0.25) is 0 Å². The highest BCUT2D eigenvalue weighted by atomic mass is 32.2. The molecule has 6 heteroatoms. The number of nitrogens with zero attached hydrogens (tertiary/aromatic N) is 2. The Morgan fingerprint density at radius 2 is 1.89 bits per heavy atom. The van der Waals surface area contributed by atoms with E-state index in [2.05, 4.69) is 15.3 Å². The number of aromatic nitrogens is 2. The lowest BCUT2D eigenvalue weighted by molar-refractivity contribution is -0.138. The van der Waals surface area contributed by atoms with Gasteiger partial charge < -0.3 is 10.4 Å². The maximum Gasteiger partial charge on any atom is 0.304 e. The Balaban J connectivity index is 2.20. The van der Waals surface area contributed by atoms with Gasteiger partial charge in [-0.05, 0) is 26.3 Å². The van der Waals surface area contributed by atoms with Gasteiger partial charge in [0, 0.05) is 24.5 Å². The Morgan fingerprint density at radius 1 is 1.33 bits per heavy atom. The Bertz CT molecular complexity index is 463. The lowest BCUT2D eigenvalue weighted by Gasteiger charge is -2.40. The van der Waals surface area contributed by atoms with Crippen molar-refractivity contribution in [2.75, 3.05) is 13.1 Å². The van der Waals surface area contributed by atoms with Gasteiger partial charge in [-0.3, -0.25) is 4.79 Å². The number of rotatable bonds is 4. The van der Waals surface area contributed by atoms with Crippen LogP contribution in [0.4, 0.5) is 0 Å². The van der Waals surface area contributed by atoms with E-state index < -0.39 is 5.97 Å². The zero-order valence-electron chi connectivity index (χ0n) is 10.8. The summed E-state index contributed by atoms with van der Waals surface area (Å²) in [5.74, 6) is -0.774. The summed E-state index contributed by atoms with van der Waals surface area (Å²) in [4.78, 5) is 19.8. The average Bonchev–Trinajstić information content (AvgIpc) is 2.22. The largest absolute Gasteiger partial charge is 0.481 e. The van der Waals surface area contributed by atoms with E-state index in [0.29, 0.717) is 18.2 Å². The van der Waals surface area contributed by atoms with Crippen molar-refractivity contribution in [3.8, 4) is 0 Å². The van der Waals surface area contributed by atoms with Gasteiger partial charge in [-0.25, -0.2) is 9.97 Å². The predicted molar refractivity (Wildman–Crippen MR) is 70.0 cm³/mol. The molecule has 2 rings (SSSR count). The Labute approximate surface area is 110 Å². The van der Waals surface area contributed by atoms with E-state index >= 15 is 0 Å². The van der Waals surface area contributed by atoms with Crippen molar-refractivity contribution in [3.05, 3.63) is 17.0 Å². The van der Waals surface area contributed by atoms with Crippen LogP contribution in [0.15, 0.2) is 5.16 Å². The van der Waals surface area contributed by atoms with E-state index in [4.69, 9.17) is 5.11 Å². The second kappa shape index (κ2) is 4.85. The Hall–Kier alpha value is -1.14. The minimum absolute atomic E-state index is 0.139. The van der Waals surface area contributed by atoms with Crippen molar-refractivity contribution in [1.82, 2.24) is 15.3 Å². The third kappa shape index (κ3) is 2.64. The summed E-state index contributed by atoms with van der Waals surface area (Å²) < 4.78 is -0.292. The highest BCUT2D eigenvalue weighted by Crippen LogP contribution is 2.37. The highest BCUT2D eigenvalue weighted by molar-refractivity contribution is 8.00. The first-order chi connectivity index (χ1) is 8.42. The van der Waals surface area contributed by atoms with Gasteiger partial charge in [0.1, 0.15) is 0 Å². The molecule has 0 radical (unpaired) electrons. The maximum atomic E-state index is 10.9. The summed E-state index contributed by atoms with van der Waals surface area (Å²) >= 11 is 1.48. The first-order valence-electron chi connectivity index (χ1n) is 5.85. The van der Waals surface area contributed by atoms with Gasteiger partial charge in [0.15, 0.2) is 5.16 Å². The molecule has 0 amide bonds. The van der Waals surface area contributed by atoms with Crippen molar-refractivity contribution in [2.24, 2.45) is 0 Å². The number of carboxylic acid groups (broad SMARTS) is 1. The number of carboxylic acids is 1. The summed E-state index contributed by atoms with van der Waals surface area (Å²) in [6.45, 7) is 7.30. The van der Waals surface area contributed by atoms with Gasteiger partial charge in [-0.1, -0.05) is 11.8 Å². The zero-order chi connectivity index (χ0) is 13.3. The molecule has 5 nitrogen and oxygen atoms in total. The molecule has 0 atom stereocenters. The number of aliphatic carboxylic acids is 1. The molecule has 0 spiro atoms. The van der Waals surface area contributed by atoms with E-state index in [1.807, 2.05) is 20.8 Å². The summed E-state index contributed by atoms with van der Waals surface area (Å²) in [5.41, 5.74) is 3.02. The lowest BCUT2D eigenvalue weighted by atomic mass is 9.98. The summed E-state index contributed by atoms with van der Waals surface area (Å²) in [6.07, 6.45) is 0.139. The third-order valence-corrected chi connectivity index (χ3v) is 4.52. The van der Waals surface area contributed by atoms with Crippen LogP contribution < -0.4 is 5.32 Å². The quantitative estimate of drug-likeness (QED) is 0.801. The van der Waals surface area contributed by atoms with Crippen LogP contribution in [0.5, 0.6) is 0 Å². The molecule has 1 fully saturated rings. The topological polar surface area (TPSA) is 75.1 Å². The third-order valence-electron chi connectivity index (χ3n) is 3.29.